The van der Waals surface area contributed by atoms with Crippen LogP contribution in [-0.4, -0.2) is 6.21 Å². The summed E-state index contributed by atoms with van der Waals surface area (Å²) in [5.74, 6) is 0.561. The van der Waals surface area contributed by atoms with Gasteiger partial charge in [-0.15, -0.1) is 0 Å². The molecular formula is C18H11NO2+. The van der Waals surface area contributed by atoms with E-state index in [1.807, 2.05) is 48.6 Å². The zero-order chi connectivity index (χ0) is 14.2. The Kier molecular flexibility index (Phi) is 2.57. The summed E-state index contributed by atoms with van der Waals surface area (Å²) in [7, 11) is 0. The quantitative estimate of drug-likeness (QED) is 0.639. The molecule has 0 saturated carbocycles. The molecule has 0 unspecified atom stereocenters. The van der Waals surface area contributed by atoms with Gasteiger partial charge in [0.1, 0.15) is 11.3 Å². The van der Waals surface area contributed by atoms with Gasteiger partial charge >= 0.3 is 0 Å². The van der Waals surface area contributed by atoms with E-state index in [1.54, 1.807) is 12.4 Å². The fraction of sp³-hybridized carbons (Fsp3) is 0. The van der Waals surface area contributed by atoms with Crippen molar-refractivity contribution >= 4 is 33.5 Å². The summed E-state index contributed by atoms with van der Waals surface area (Å²) in [5.41, 5.74) is 1.44. The molecule has 0 amide bonds. The molecule has 3 heteroatoms. The van der Waals surface area contributed by atoms with Crippen LogP contribution in [0.2, 0.25) is 0 Å². The maximum absolute atomic E-state index is 12.3. The van der Waals surface area contributed by atoms with Crippen molar-refractivity contribution in [3.05, 3.63) is 76.8 Å². The number of allylic oxidation sites excluding steroid dienone is 3. The van der Waals surface area contributed by atoms with Crippen molar-refractivity contribution < 1.29 is 4.42 Å². The third-order valence-corrected chi connectivity index (χ3v) is 3.58. The zero-order valence-electron chi connectivity index (χ0n) is 11.1. The minimum atomic E-state index is -0.0335. The van der Waals surface area contributed by atoms with Crippen LogP contribution < -0.4 is 10.4 Å². The van der Waals surface area contributed by atoms with E-state index in [0.29, 0.717) is 16.7 Å². The van der Waals surface area contributed by atoms with Crippen LogP contribution in [0.5, 0.6) is 0 Å². The van der Waals surface area contributed by atoms with E-state index in [9.17, 15) is 4.79 Å². The van der Waals surface area contributed by atoms with Gasteiger partial charge in [-0.05, 0) is 11.5 Å². The molecule has 4 rings (SSSR count). The van der Waals surface area contributed by atoms with Crippen molar-refractivity contribution in [2.75, 3.05) is 0 Å². The van der Waals surface area contributed by atoms with Crippen LogP contribution in [0.4, 0.5) is 0 Å². The first-order valence-corrected chi connectivity index (χ1v) is 6.69. The Bertz CT molecular complexity index is 1010. The molecule has 99 valence electrons. The van der Waals surface area contributed by atoms with Crippen LogP contribution in [0, 0.1) is 0 Å². The molecular weight excluding hydrogens is 262 g/mol. The SMILES string of the molecule is O=c1cc(C2=CC=[N+]C=C2)oc2c1ccc1ccccc12. The maximum Gasteiger partial charge on any atom is 0.242 e. The van der Waals surface area contributed by atoms with E-state index in [4.69, 9.17) is 4.42 Å². The largest absolute Gasteiger partial charge is 0.455 e. The number of aliphatic imine (C=N–C) groups is 1. The summed E-state index contributed by atoms with van der Waals surface area (Å²) < 4.78 is 6.01. The molecule has 1 radical (unpaired) electrons. The molecule has 0 spiro atoms. The maximum atomic E-state index is 12.3. The molecule has 3 nitrogen and oxygen atoms in total. The first kappa shape index (κ1) is 11.9. The lowest BCUT2D eigenvalue weighted by Crippen LogP contribution is -2.02. The van der Waals surface area contributed by atoms with Crippen LogP contribution >= 0.6 is 0 Å². The average Bonchev–Trinajstić information content (AvgIpc) is 2.55. The van der Waals surface area contributed by atoms with Crippen LogP contribution in [0.15, 0.2) is 70.0 Å². The van der Waals surface area contributed by atoms with E-state index in [2.05, 4.69) is 4.99 Å². The molecule has 1 aliphatic rings. The number of rotatable bonds is 1. The summed E-state index contributed by atoms with van der Waals surface area (Å²) in [6, 6.07) is 13.2. The van der Waals surface area contributed by atoms with Gasteiger partial charge < -0.3 is 4.42 Å². The first-order valence-electron chi connectivity index (χ1n) is 6.69. The van der Waals surface area contributed by atoms with Crippen molar-refractivity contribution in [3.63, 3.8) is 0 Å². The molecule has 2 aromatic carbocycles. The average molecular weight is 273 g/mol. The second-order valence-electron chi connectivity index (χ2n) is 4.87. The highest BCUT2D eigenvalue weighted by atomic mass is 16.3. The van der Waals surface area contributed by atoms with Crippen molar-refractivity contribution in [2.45, 2.75) is 0 Å². The third kappa shape index (κ3) is 1.91. The van der Waals surface area contributed by atoms with Gasteiger partial charge in [0.25, 0.3) is 0 Å². The third-order valence-electron chi connectivity index (χ3n) is 3.58. The van der Waals surface area contributed by atoms with E-state index in [0.717, 1.165) is 16.3 Å². The predicted molar refractivity (Wildman–Crippen MR) is 85.3 cm³/mol. The lowest BCUT2D eigenvalue weighted by molar-refractivity contribution is 0.591. The van der Waals surface area contributed by atoms with Crippen LogP contribution in [0.25, 0.3) is 27.3 Å². The van der Waals surface area contributed by atoms with Gasteiger partial charge in [-0.1, -0.05) is 30.3 Å². The van der Waals surface area contributed by atoms with Gasteiger partial charge in [-0.3, -0.25) is 4.79 Å². The molecule has 0 saturated heterocycles. The predicted octanol–water partition coefficient (Wildman–Crippen LogP) is 3.26. The molecule has 0 bridgehead atoms. The molecule has 3 aromatic rings. The Balaban J connectivity index is 2.10. The lowest BCUT2D eigenvalue weighted by Gasteiger charge is -2.06. The number of benzene rings is 2. The second-order valence-corrected chi connectivity index (χ2v) is 4.87. The van der Waals surface area contributed by atoms with Gasteiger partial charge in [0, 0.05) is 29.2 Å². The van der Waals surface area contributed by atoms with Crippen molar-refractivity contribution in [1.82, 2.24) is 4.99 Å². The van der Waals surface area contributed by atoms with Gasteiger partial charge in [-0.25, -0.2) is 0 Å². The topological polar surface area (TPSA) is 44.3 Å². The Morgan fingerprint density at radius 3 is 2.76 bits per heavy atom. The van der Waals surface area contributed by atoms with Crippen molar-refractivity contribution in [3.8, 4) is 0 Å². The molecule has 0 N–H and O–H groups in total. The fourth-order valence-electron chi connectivity index (χ4n) is 2.54. The molecule has 0 atom stereocenters. The van der Waals surface area contributed by atoms with Crippen molar-refractivity contribution in [2.24, 2.45) is 0 Å². The Hall–Kier alpha value is -2.94. The van der Waals surface area contributed by atoms with Crippen molar-refractivity contribution in [1.29, 1.82) is 0 Å². The number of fused-ring (bicyclic) bond motifs is 3. The van der Waals surface area contributed by atoms with Gasteiger partial charge in [0.2, 0.25) is 12.4 Å². The molecule has 0 aliphatic carbocycles. The number of nitrogens with zero attached hydrogens (tertiary/aromatic N) is 1. The van der Waals surface area contributed by atoms with Crippen LogP contribution in [-0.2, 0) is 0 Å². The first-order chi connectivity index (χ1) is 10.3. The van der Waals surface area contributed by atoms with Crippen LogP contribution in [0.1, 0.15) is 5.76 Å². The molecule has 2 heterocycles. The Labute approximate surface area is 120 Å². The van der Waals surface area contributed by atoms with Gasteiger partial charge in [0.15, 0.2) is 5.43 Å². The lowest BCUT2D eigenvalue weighted by atomic mass is 10.1. The van der Waals surface area contributed by atoms with E-state index >= 15 is 0 Å². The van der Waals surface area contributed by atoms with E-state index in [1.165, 1.54) is 6.07 Å². The standard InChI is InChI=1S/C18H11NO2/c20-16-11-17(13-7-9-19-10-8-13)21-18-14-4-2-1-3-12(14)5-6-15(16)18/h1-11H/q+1. The Morgan fingerprint density at radius 2 is 1.90 bits per heavy atom. The number of hydrogen-bond acceptors (Lipinski definition) is 3. The summed E-state index contributed by atoms with van der Waals surface area (Å²) in [4.78, 5) is 16.3. The smallest absolute Gasteiger partial charge is 0.242 e. The highest BCUT2D eigenvalue weighted by Crippen LogP contribution is 2.26. The Morgan fingerprint density at radius 1 is 1.00 bits per heavy atom. The highest BCUT2D eigenvalue weighted by molar-refractivity contribution is 6.04. The molecule has 0 fully saturated rings. The van der Waals surface area contributed by atoms with E-state index < -0.39 is 0 Å². The van der Waals surface area contributed by atoms with Crippen LogP contribution in [0.3, 0.4) is 0 Å². The zero-order valence-corrected chi connectivity index (χ0v) is 11.1. The van der Waals surface area contributed by atoms with Gasteiger partial charge in [-0.2, -0.15) is 0 Å². The number of hydrogen-bond donors (Lipinski definition) is 0. The molecule has 1 aromatic heterocycles. The van der Waals surface area contributed by atoms with Gasteiger partial charge in [0.05, 0.1) is 10.4 Å². The minimum absolute atomic E-state index is 0.0335. The second kappa shape index (κ2) is 4.56. The summed E-state index contributed by atoms with van der Waals surface area (Å²) in [6.07, 6.45) is 7.02. The van der Waals surface area contributed by atoms with E-state index in [-0.39, 0.29) is 5.43 Å². The summed E-state index contributed by atoms with van der Waals surface area (Å²) >= 11 is 0. The minimum Gasteiger partial charge on any atom is -0.455 e. The summed E-state index contributed by atoms with van der Waals surface area (Å²) in [5, 5.41) is 2.61. The highest BCUT2D eigenvalue weighted by Gasteiger charge is 2.12. The summed E-state index contributed by atoms with van der Waals surface area (Å²) in [6.45, 7) is 0. The normalized spacial score (nSPS) is 13.8. The monoisotopic (exact) mass is 273 g/mol. The molecule has 1 aliphatic heterocycles. The molecule has 21 heavy (non-hydrogen) atoms. The fourth-order valence-corrected chi connectivity index (χ4v) is 2.54.